The summed E-state index contributed by atoms with van der Waals surface area (Å²) in [5.74, 6) is 0.120. The summed E-state index contributed by atoms with van der Waals surface area (Å²) in [6, 6.07) is 7.03. The number of ether oxygens (including phenoxy) is 1. The SMILES string of the molecule is CC(C)(C)OC(=O)NC1(CNC(=O)CCc2ccccc2O)CCCCC1. The third-order valence-electron chi connectivity index (χ3n) is 4.81. The Morgan fingerprint density at radius 2 is 1.81 bits per heavy atom. The lowest BCUT2D eigenvalue weighted by Crippen LogP contribution is -2.57. The highest BCUT2D eigenvalue weighted by Gasteiger charge is 2.35. The van der Waals surface area contributed by atoms with E-state index in [0.29, 0.717) is 19.4 Å². The smallest absolute Gasteiger partial charge is 0.408 e. The number of phenols is 1. The molecule has 0 heterocycles. The van der Waals surface area contributed by atoms with Crippen molar-refractivity contribution in [1.82, 2.24) is 10.6 Å². The van der Waals surface area contributed by atoms with Gasteiger partial charge in [0.15, 0.2) is 0 Å². The van der Waals surface area contributed by atoms with E-state index < -0.39 is 17.2 Å². The van der Waals surface area contributed by atoms with E-state index in [1.54, 1.807) is 12.1 Å². The van der Waals surface area contributed by atoms with Gasteiger partial charge in [-0.3, -0.25) is 4.79 Å². The molecule has 0 spiro atoms. The normalized spacial score (nSPS) is 16.4. The van der Waals surface area contributed by atoms with E-state index in [4.69, 9.17) is 4.74 Å². The predicted octanol–water partition coefficient (Wildman–Crippen LogP) is 3.67. The largest absolute Gasteiger partial charge is 0.508 e. The topological polar surface area (TPSA) is 87.7 Å². The highest BCUT2D eigenvalue weighted by molar-refractivity contribution is 5.76. The molecule has 2 rings (SSSR count). The average molecular weight is 376 g/mol. The number of carbonyl (C=O) groups is 2. The van der Waals surface area contributed by atoms with Crippen molar-refractivity contribution in [3.63, 3.8) is 0 Å². The van der Waals surface area contributed by atoms with Gasteiger partial charge in [-0.2, -0.15) is 0 Å². The van der Waals surface area contributed by atoms with Crippen LogP contribution in [0.4, 0.5) is 4.79 Å². The van der Waals surface area contributed by atoms with Gasteiger partial charge in [-0.25, -0.2) is 4.79 Å². The van der Waals surface area contributed by atoms with Gasteiger partial charge in [0, 0.05) is 13.0 Å². The van der Waals surface area contributed by atoms with Crippen LogP contribution in [0.25, 0.3) is 0 Å². The molecule has 1 aromatic rings. The molecule has 0 radical (unpaired) electrons. The maximum Gasteiger partial charge on any atom is 0.408 e. The molecule has 0 aromatic heterocycles. The molecule has 0 atom stereocenters. The summed E-state index contributed by atoms with van der Waals surface area (Å²) in [7, 11) is 0. The molecular weight excluding hydrogens is 344 g/mol. The van der Waals surface area contributed by atoms with E-state index in [2.05, 4.69) is 10.6 Å². The first-order valence-electron chi connectivity index (χ1n) is 9.74. The Kier molecular flexibility index (Phi) is 7.11. The third-order valence-corrected chi connectivity index (χ3v) is 4.81. The summed E-state index contributed by atoms with van der Waals surface area (Å²) in [6.07, 6.45) is 5.16. The minimum absolute atomic E-state index is 0.0887. The molecule has 1 aliphatic rings. The van der Waals surface area contributed by atoms with E-state index in [9.17, 15) is 14.7 Å². The Labute approximate surface area is 161 Å². The summed E-state index contributed by atoms with van der Waals surface area (Å²) in [6.45, 7) is 5.90. The summed E-state index contributed by atoms with van der Waals surface area (Å²) in [5.41, 5.74) is -0.252. The molecule has 27 heavy (non-hydrogen) atoms. The Morgan fingerprint density at radius 3 is 2.44 bits per heavy atom. The van der Waals surface area contributed by atoms with Gasteiger partial charge in [-0.1, -0.05) is 37.5 Å². The molecule has 1 aromatic carbocycles. The standard InChI is InChI=1S/C21H32N2O4/c1-20(2,3)27-19(26)23-21(13-7-4-8-14-21)15-22-18(25)12-11-16-9-5-6-10-17(16)24/h5-6,9-10,24H,4,7-8,11-15H2,1-3H3,(H,22,25)(H,23,26). The van der Waals surface area contributed by atoms with Gasteiger partial charge < -0.3 is 20.5 Å². The van der Waals surface area contributed by atoms with Crippen molar-refractivity contribution in [3.8, 4) is 5.75 Å². The number of hydrogen-bond donors (Lipinski definition) is 3. The molecule has 1 fully saturated rings. The summed E-state index contributed by atoms with van der Waals surface area (Å²) >= 11 is 0. The van der Waals surface area contributed by atoms with E-state index >= 15 is 0 Å². The number of nitrogens with one attached hydrogen (secondary N) is 2. The summed E-state index contributed by atoms with van der Waals surface area (Å²) in [4.78, 5) is 24.5. The van der Waals surface area contributed by atoms with Crippen molar-refractivity contribution in [2.75, 3.05) is 6.54 Å². The maximum atomic E-state index is 12.3. The van der Waals surface area contributed by atoms with Gasteiger partial charge in [-0.05, 0) is 51.7 Å². The molecule has 0 aliphatic heterocycles. The number of para-hydroxylation sites is 1. The van der Waals surface area contributed by atoms with Gasteiger partial charge in [0.2, 0.25) is 5.91 Å². The van der Waals surface area contributed by atoms with Crippen molar-refractivity contribution in [2.45, 2.75) is 76.9 Å². The van der Waals surface area contributed by atoms with Gasteiger partial charge in [-0.15, -0.1) is 0 Å². The second-order valence-corrected chi connectivity index (χ2v) is 8.37. The van der Waals surface area contributed by atoms with Crippen LogP contribution in [-0.2, 0) is 16.0 Å². The fourth-order valence-corrected chi connectivity index (χ4v) is 3.42. The van der Waals surface area contributed by atoms with E-state index in [1.165, 1.54) is 0 Å². The average Bonchev–Trinajstić information content (AvgIpc) is 2.58. The first kappa shape index (κ1) is 21.1. The lowest BCUT2D eigenvalue weighted by atomic mass is 9.81. The Hall–Kier alpha value is -2.24. The molecule has 6 heteroatoms. The first-order valence-corrected chi connectivity index (χ1v) is 9.74. The van der Waals surface area contributed by atoms with Crippen LogP contribution in [0.3, 0.4) is 0 Å². The third kappa shape index (κ3) is 7.12. The molecule has 3 N–H and O–H groups in total. The lowest BCUT2D eigenvalue weighted by Gasteiger charge is -2.38. The first-order chi connectivity index (χ1) is 12.7. The number of aryl methyl sites for hydroxylation is 1. The predicted molar refractivity (Wildman–Crippen MR) is 105 cm³/mol. The number of phenolic OH excluding ortho intramolecular Hbond substituents is 1. The van der Waals surface area contributed by atoms with Crippen LogP contribution < -0.4 is 10.6 Å². The quantitative estimate of drug-likeness (QED) is 0.707. The zero-order valence-corrected chi connectivity index (χ0v) is 16.6. The molecule has 0 saturated heterocycles. The summed E-state index contributed by atoms with van der Waals surface area (Å²) < 4.78 is 5.40. The van der Waals surface area contributed by atoms with Crippen molar-refractivity contribution >= 4 is 12.0 Å². The van der Waals surface area contributed by atoms with Crippen LogP contribution >= 0.6 is 0 Å². The van der Waals surface area contributed by atoms with Crippen LogP contribution in [0.2, 0.25) is 0 Å². The highest BCUT2D eigenvalue weighted by atomic mass is 16.6. The van der Waals surface area contributed by atoms with Gasteiger partial charge in [0.05, 0.1) is 5.54 Å². The Morgan fingerprint density at radius 1 is 1.15 bits per heavy atom. The van der Waals surface area contributed by atoms with Crippen molar-refractivity contribution in [2.24, 2.45) is 0 Å². The fraction of sp³-hybridized carbons (Fsp3) is 0.619. The van der Waals surface area contributed by atoms with Crippen LogP contribution in [0.5, 0.6) is 5.75 Å². The summed E-state index contributed by atoms with van der Waals surface area (Å²) in [5, 5.41) is 15.8. The number of aromatic hydroxyl groups is 1. The number of benzene rings is 1. The number of amides is 2. The molecule has 1 aliphatic carbocycles. The van der Waals surface area contributed by atoms with Crippen molar-refractivity contribution in [3.05, 3.63) is 29.8 Å². The van der Waals surface area contributed by atoms with Crippen LogP contribution in [-0.4, -0.2) is 34.8 Å². The highest BCUT2D eigenvalue weighted by Crippen LogP contribution is 2.28. The molecule has 150 valence electrons. The van der Waals surface area contributed by atoms with Crippen LogP contribution in [0.15, 0.2) is 24.3 Å². The zero-order chi connectivity index (χ0) is 19.9. The second-order valence-electron chi connectivity index (χ2n) is 8.37. The molecule has 1 saturated carbocycles. The minimum Gasteiger partial charge on any atom is -0.508 e. The van der Waals surface area contributed by atoms with E-state index in [0.717, 1.165) is 37.7 Å². The van der Waals surface area contributed by atoms with Gasteiger partial charge in [0.25, 0.3) is 0 Å². The monoisotopic (exact) mass is 376 g/mol. The van der Waals surface area contributed by atoms with Crippen LogP contribution in [0, 0.1) is 0 Å². The molecule has 0 bridgehead atoms. The Bertz CT molecular complexity index is 646. The maximum absolute atomic E-state index is 12.3. The van der Waals surface area contributed by atoms with Crippen molar-refractivity contribution < 1.29 is 19.4 Å². The number of carbonyl (C=O) groups excluding carboxylic acids is 2. The molecule has 0 unspecified atom stereocenters. The minimum atomic E-state index is -0.555. The lowest BCUT2D eigenvalue weighted by molar-refractivity contribution is -0.121. The van der Waals surface area contributed by atoms with Crippen LogP contribution in [0.1, 0.15) is 64.9 Å². The number of rotatable bonds is 6. The van der Waals surface area contributed by atoms with Gasteiger partial charge >= 0.3 is 6.09 Å². The number of alkyl carbamates (subject to hydrolysis) is 1. The van der Waals surface area contributed by atoms with Crippen molar-refractivity contribution in [1.29, 1.82) is 0 Å². The fourth-order valence-electron chi connectivity index (χ4n) is 3.42. The number of hydrogen-bond acceptors (Lipinski definition) is 4. The molecule has 2 amide bonds. The van der Waals surface area contributed by atoms with E-state index in [1.807, 2.05) is 32.9 Å². The molecular formula is C21H32N2O4. The van der Waals surface area contributed by atoms with E-state index in [-0.39, 0.29) is 11.7 Å². The second kappa shape index (κ2) is 9.11. The van der Waals surface area contributed by atoms with Gasteiger partial charge in [0.1, 0.15) is 11.4 Å². The zero-order valence-electron chi connectivity index (χ0n) is 16.6. The Balaban J connectivity index is 1.88. The molecule has 6 nitrogen and oxygen atoms in total.